The van der Waals surface area contributed by atoms with Crippen LogP contribution in [0.25, 0.3) is 11.3 Å². The molecular weight excluding hydrogens is 326 g/mol. The van der Waals surface area contributed by atoms with Gasteiger partial charge in [-0.15, -0.1) is 0 Å². The van der Waals surface area contributed by atoms with Crippen LogP contribution in [0, 0.1) is 10.1 Å². The first-order chi connectivity index (χ1) is 12.0. The molecular formula is C17H19N3O5. The highest BCUT2D eigenvalue weighted by atomic mass is 16.6. The van der Waals surface area contributed by atoms with Crippen LogP contribution in [-0.4, -0.2) is 40.0 Å². The van der Waals surface area contributed by atoms with E-state index in [4.69, 9.17) is 9.47 Å². The molecule has 1 aromatic carbocycles. The van der Waals surface area contributed by atoms with E-state index in [0.29, 0.717) is 23.4 Å². The van der Waals surface area contributed by atoms with Crippen molar-refractivity contribution in [2.24, 2.45) is 7.05 Å². The first-order valence-corrected chi connectivity index (χ1v) is 8.12. The lowest BCUT2D eigenvalue weighted by Gasteiger charge is -2.21. The molecule has 132 valence electrons. The monoisotopic (exact) mass is 345 g/mol. The number of esters is 1. The van der Waals surface area contributed by atoms with Gasteiger partial charge in [0.1, 0.15) is 17.9 Å². The number of aromatic nitrogens is 2. The zero-order chi connectivity index (χ0) is 17.8. The molecule has 2 heterocycles. The van der Waals surface area contributed by atoms with E-state index in [-0.39, 0.29) is 18.4 Å². The molecule has 1 fully saturated rings. The minimum absolute atomic E-state index is 0.0155. The number of benzene rings is 1. The van der Waals surface area contributed by atoms with Gasteiger partial charge in [-0.1, -0.05) is 0 Å². The van der Waals surface area contributed by atoms with Crippen molar-refractivity contribution in [3.05, 3.63) is 46.1 Å². The highest BCUT2D eigenvalue weighted by Crippen LogP contribution is 2.25. The predicted molar refractivity (Wildman–Crippen MR) is 89.2 cm³/mol. The van der Waals surface area contributed by atoms with Crippen molar-refractivity contribution in [2.75, 3.05) is 13.2 Å². The van der Waals surface area contributed by atoms with Gasteiger partial charge in [-0.2, -0.15) is 5.10 Å². The van der Waals surface area contributed by atoms with Crippen molar-refractivity contribution >= 4 is 11.7 Å². The second kappa shape index (κ2) is 7.43. The number of rotatable bonds is 5. The topological polar surface area (TPSA) is 96.5 Å². The predicted octanol–water partition coefficient (Wildman–Crippen LogP) is 2.72. The quantitative estimate of drug-likeness (QED) is 0.469. The second-order valence-electron chi connectivity index (χ2n) is 5.96. The van der Waals surface area contributed by atoms with Gasteiger partial charge < -0.3 is 9.47 Å². The minimum atomic E-state index is -0.476. The third kappa shape index (κ3) is 4.03. The number of hydrogen-bond donors (Lipinski definition) is 0. The van der Waals surface area contributed by atoms with Gasteiger partial charge >= 0.3 is 5.97 Å². The van der Waals surface area contributed by atoms with Crippen LogP contribution in [0.5, 0.6) is 0 Å². The van der Waals surface area contributed by atoms with E-state index in [1.165, 1.54) is 16.8 Å². The Morgan fingerprint density at radius 2 is 2.16 bits per heavy atom. The van der Waals surface area contributed by atoms with Crippen LogP contribution in [0.4, 0.5) is 5.69 Å². The number of non-ortho nitro benzene ring substituents is 1. The Bertz CT molecular complexity index is 763. The van der Waals surface area contributed by atoms with Crippen LogP contribution in [0.15, 0.2) is 30.5 Å². The van der Waals surface area contributed by atoms with E-state index < -0.39 is 10.9 Å². The third-order valence-corrected chi connectivity index (χ3v) is 4.07. The molecule has 0 saturated carbocycles. The summed E-state index contributed by atoms with van der Waals surface area (Å²) in [5, 5.41) is 15.0. The summed E-state index contributed by atoms with van der Waals surface area (Å²) in [4.78, 5) is 22.7. The number of carbonyl (C=O) groups is 1. The Kier molecular flexibility index (Phi) is 5.08. The average Bonchev–Trinajstić information content (AvgIpc) is 3.02. The molecule has 8 nitrogen and oxygen atoms in total. The lowest BCUT2D eigenvalue weighted by atomic mass is 10.1. The molecule has 0 spiro atoms. The van der Waals surface area contributed by atoms with Crippen molar-refractivity contribution in [1.82, 2.24) is 9.78 Å². The summed E-state index contributed by atoms with van der Waals surface area (Å²) in [5.74, 6) is -0.476. The molecule has 3 rings (SSSR count). The fraction of sp³-hybridized carbons (Fsp3) is 0.412. The van der Waals surface area contributed by atoms with Crippen molar-refractivity contribution in [3.63, 3.8) is 0 Å². The van der Waals surface area contributed by atoms with Gasteiger partial charge in [0.25, 0.3) is 5.69 Å². The lowest BCUT2D eigenvalue weighted by Crippen LogP contribution is -2.26. The number of hydrogen-bond acceptors (Lipinski definition) is 6. The summed E-state index contributed by atoms with van der Waals surface area (Å²) in [6.07, 6.45) is 4.52. The Hall–Kier alpha value is -2.74. The van der Waals surface area contributed by atoms with Gasteiger partial charge in [0.15, 0.2) is 0 Å². The van der Waals surface area contributed by atoms with Gasteiger partial charge in [-0.05, 0) is 31.4 Å². The summed E-state index contributed by atoms with van der Waals surface area (Å²) in [6.45, 7) is 0.913. The number of carbonyl (C=O) groups excluding carboxylic acids is 1. The highest BCUT2D eigenvalue weighted by Gasteiger charge is 2.22. The Morgan fingerprint density at radius 1 is 1.40 bits per heavy atom. The molecule has 1 atom stereocenters. The first-order valence-electron chi connectivity index (χ1n) is 8.12. The summed E-state index contributed by atoms with van der Waals surface area (Å²) >= 11 is 0. The molecule has 0 radical (unpaired) electrons. The number of ether oxygens (including phenoxy) is 2. The maximum absolute atomic E-state index is 12.4. The molecule has 0 N–H and O–H groups in total. The van der Waals surface area contributed by atoms with Crippen LogP contribution < -0.4 is 0 Å². The van der Waals surface area contributed by atoms with Crippen LogP contribution >= 0.6 is 0 Å². The molecule has 1 aliphatic rings. The lowest BCUT2D eigenvalue weighted by molar-refractivity contribution is -0.384. The number of nitro groups is 1. The largest absolute Gasteiger partial charge is 0.459 e. The van der Waals surface area contributed by atoms with E-state index in [1.54, 1.807) is 25.4 Å². The molecule has 1 aliphatic heterocycles. The molecule has 0 aliphatic carbocycles. The summed E-state index contributed by atoms with van der Waals surface area (Å²) in [7, 11) is 1.70. The van der Waals surface area contributed by atoms with Crippen molar-refractivity contribution in [3.8, 4) is 11.3 Å². The van der Waals surface area contributed by atoms with Crippen LogP contribution in [0.3, 0.4) is 0 Å². The fourth-order valence-corrected chi connectivity index (χ4v) is 2.78. The van der Waals surface area contributed by atoms with Crippen molar-refractivity contribution < 1.29 is 19.2 Å². The van der Waals surface area contributed by atoms with Crippen molar-refractivity contribution in [1.29, 1.82) is 0 Å². The van der Waals surface area contributed by atoms with Crippen LogP contribution in [0.2, 0.25) is 0 Å². The number of nitrogens with zero attached hydrogens (tertiary/aromatic N) is 3. The molecule has 1 unspecified atom stereocenters. The second-order valence-corrected chi connectivity index (χ2v) is 5.96. The fourth-order valence-electron chi connectivity index (χ4n) is 2.78. The van der Waals surface area contributed by atoms with Gasteiger partial charge in [0, 0.05) is 37.5 Å². The standard InChI is InChI=1S/C17H19N3O5/c1-19-10-15(17(21)25-11-14-4-2-3-9-24-14)16(18-19)12-5-7-13(8-6-12)20(22)23/h5-8,10,14H,2-4,9,11H2,1H3. The minimum Gasteiger partial charge on any atom is -0.459 e. The first kappa shape index (κ1) is 17.1. The maximum Gasteiger partial charge on any atom is 0.342 e. The van der Waals surface area contributed by atoms with E-state index in [0.717, 1.165) is 19.3 Å². The summed E-state index contributed by atoms with van der Waals surface area (Å²) in [6, 6.07) is 5.91. The van der Waals surface area contributed by atoms with Gasteiger partial charge in [0.05, 0.1) is 11.0 Å². The smallest absolute Gasteiger partial charge is 0.342 e. The molecule has 1 aromatic heterocycles. The Labute approximate surface area is 144 Å². The number of aryl methyl sites for hydroxylation is 1. The third-order valence-electron chi connectivity index (χ3n) is 4.07. The maximum atomic E-state index is 12.4. The van der Waals surface area contributed by atoms with E-state index in [1.807, 2.05) is 0 Å². The normalized spacial score (nSPS) is 17.2. The molecule has 1 saturated heterocycles. The molecule has 8 heteroatoms. The van der Waals surface area contributed by atoms with Crippen molar-refractivity contribution in [2.45, 2.75) is 25.4 Å². The summed E-state index contributed by atoms with van der Waals surface area (Å²) in [5.41, 5.74) is 1.37. The Balaban J connectivity index is 1.75. The molecule has 2 aromatic rings. The van der Waals surface area contributed by atoms with E-state index in [2.05, 4.69) is 5.10 Å². The summed E-state index contributed by atoms with van der Waals surface area (Å²) < 4.78 is 12.5. The molecule has 0 amide bonds. The zero-order valence-corrected chi connectivity index (χ0v) is 13.9. The van der Waals surface area contributed by atoms with Gasteiger partial charge in [-0.3, -0.25) is 14.8 Å². The number of nitro benzene ring substituents is 1. The highest BCUT2D eigenvalue weighted by molar-refractivity contribution is 5.96. The SMILES string of the molecule is Cn1cc(C(=O)OCC2CCCCO2)c(-c2ccc([N+](=O)[O-])cc2)n1. The Morgan fingerprint density at radius 3 is 2.80 bits per heavy atom. The van der Waals surface area contributed by atoms with E-state index in [9.17, 15) is 14.9 Å². The van der Waals surface area contributed by atoms with Gasteiger partial charge in [-0.25, -0.2) is 4.79 Å². The average molecular weight is 345 g/mol. The van der Waals surface area contributed by atoms with Crippen LogP contribution in [-0.2, 0) is 16.5 Å². The molecule has 25 heavy (non-hydrogen) atoms. The zero-order valence-electron chi connectivity index (χ0n) is 13.9. The van der Waals surface area contributed by atoms with Crippen LogP contribution in [0.1, 0.15) is 29.6 Å². The van der Waals surface area contributed by atoms with E-state index >= 15 is 0 Å². The molecule has 0 bridgehead atoms. The van der Waals surface area contributed by atoms with Gasteiger partial charge in [0.2, 0.25) is 0 Å².